The summed E-state index contributed by atoms with van der Waals surface area (Å²) in [7, 11) is 0. The van der Waals surface area contributed by atoms with Crippen LogP contribution in [-0.2, 0) is 0 Å². The van der Waals surface area contributed by atoms with Crippen molar-refractivity contribution in [2.75, 3.05) is 19.6 Å². The van der Waals surface area contributed by atoms with Gasteiger partial charge in [0.05, 0.1) is 0 Å². The van der Waals surface area contributed by atoms with Crippen LogP contribution in [-0.4, -0.2) is 25.6 Å². The van der Waals surface area contributed by atoms with Gasteiger partial charge in [-0.15, -0.1) is 0 Å². The zero-order chi connectivity index (χ0) is 13.4. The molecular formula is C15H25N3. The lowest BCUT2D eigenvalue weighted by atomic mass is 10.00. The largest absolute Gasteiger partial charge is 0.357 e. The van der Waals surface area contributed by atoms with Gasteiger partial charge in [0.2, 0.25) is 0 Å². The SMILES string of the molecule is CCNC(=NCC(C)c1cccc(C)c1)NCC. The molecule has 0 saturated carbocycles. The van der Waals surface area contributed by atoms with Gasteiger partial charge in [-0.3, -0.25) is 4.99 Å². The number of hydrogen-bond acceptors (Lipinski definition) is 1. The predicted molar refractivity (Wildman–Crippen MR) is 79.2 cm³/mol. The maximum absolute atomic E-state index is 4.60. The first-order valence-electron chi connectivity index (χ1n) is 6.76. The average molecular weight is 247 g/mol. The van der Waals surface area contributed by atoms with Crippen LogP contribution in [0.5, 0.6) is 0 Å². The third-order valence-electron chi connectivity index (χ3n) is 2.82. The van der Waals surface area contributed by atoms with E-state index >= 15 is 0 Å². The first kappa shape index (κ1) is 14.6. The zero-order valence-corrected chi connectivity index (χ0v) is 12.0. The van der Waals surface area contributed by atoms with Crippen LogP contribution in [0.15, 0.2) is 29.3 Å². The first-order chi connectivity index (χ1) is 8.67. The van der Waals surface area contributed by atoms with Crippen molar-refractivity contribution in [1.82, 2.24) is 10.6 Å². The molecule has 0 saturated heterocycles. The van der Waals surface area contributed by atoms with E-state index in [4.69, 9.17) is 0 Å². The number of nitrogens with zero attached hydrogens (tertiary/aromatic N) is 1. The summed E-state index contributed by atoms with van der Waals surface area (Å²) in [5.74, 6) is 1.34. The highest BCUT2D eigenvalue weighted by Crippen LogP contribution is 2.16. The van der Waals surface area contributed by atoms with Crippen LogP contribution in [0, 0.1) is 6.92 Å². The van der Waals surface area contributed by atoms with Crippen molar-refractivity contribution >= 4 is 5.96 Å². The molecule has 100 valence electrons. The van der Waals surface area contributed by atoms with Crippen molar-refractivity contribution in [2.24, 2.45) is 4.99 Å². The van der Waals surface area contributed by atoms with E-state index in [0.29, 0.717) is 5.92 Å². The molecule has 2 N–H and O–H groups in total. The van der Waals surface area contributed by atoms with E-state index in [2.05, 4.69) is 67.6 Å². The van der Waals surface area contributed by atoms with Crippen molar-refractivity contribution in [3.05, 3.63) is 35.4 Å². The lowest BCUT2D eigenvalue weighted by molar-refractivity contribution is 0.753. The minimum Gasteiger partial charge on any atom is -0.357 e. The molecular weight excluding hydrogens is 222 g/mol. The molecule has 0 aromatic heterocycles. The molecule has 0 radical (unpaired) electrons. The molecule has 0 heterocycles. The van der Waals surface area contributed by atoms with Gasteiger partial charge in [-0.05, 0) is 26.3 Å². The molecule has 1 aromatic carbocycles. The fraction of sp³-hybridized carbons (Fsp3) is 0.533. The van der Waals surface area contributed by atoms with E-state index in [9.17, 15) is 0 Å². The molecule has 1 unspecified atom stereocenters. The standard InChI is InChI=1S/C15H25N3/c1-5-16-15(17-6-2)18-11-13(4)14-9-7-8-12(3)10-14/h7-10,13H,5-6,11H2,1-4H3,(H2,16,17,18). The van der Waals surface area contributed by atoms with Crippen LogP contribution in [0.3, 0.4) is 0 Å². The summed E-state index contributed by atoms with van der Waals surface area (Å²) in [5, 5.41) is 6.48. The summed E-state index contributed by atoms with van der Waals surface area (Å²) < 4.78 is 0. The number of rotatable bonds is 5. The Hall–Kier alpha value is -1.51. The van der Waals surface area contributed by atoms with E-state index in [0.717, 1.165) is 25.6 Å². The molecule has 18 heavy (non-hydrogen) atoms. The lowest BCUT2D eigenvalue weighted by Gasteiger charge is -2.13. The summed E-state index contributed by atoms with van der Waals surface area (Å²) >= 11 is 0. The van der Waals surface area contributed by atoms with Crippen LogP contribution in [0.25, 0.3) is 0 Å². The minimum absolute atomic E-state index is 0.442. The molecule has 3 nitrogen and oxygen atoms in total. The Balaban J connectivity index is 2.62. The highest BCUT2D eigenvalue weighted by molar-refractivity contribution is 5.79. The molecule has 1 atom stereocenters. The van der Waals surface area contributed by atoms with Gasteiger partial charge in [0.15, 0.2) is 5.96 Å². The molecule has 1 rings (SSSR count). The van der Waals surface area contributed by atoms with Crippen LogP contribution >= 0.6 is 0 Å². The summed E-state index contributed by atoms with van der Waals surface area (Å²) in [5.41, 5.74) is 2.66. The number of nitrogens with one attached hydrogen (secondary N) is 2. The Kier molecular flexibility index (Phi) is 6.26. The zero-order valence-electron chi connectivity index (χ0n) is 12.0. The summed E-state index contributed by atoms with van der Waals surface area (Å²) in [4.78, 5) is 4.60. The predicted octanol–water partition coefficient (Wildman–Crippen LogP) is 2.67. The van der Waals surface area contributed by atoms with E-state index in [1.54, 1.807) is 0 Å². The Morgan fingerprint density at radius 2 is 1.89 bits per heavy atom. The normalized spacial score (nSPS) is 11.8. The van der Waals surface area contributed by atoms with E-state index in [1.807, 2.05) is 0 Å². The van der Waals surface area contributed by atoms with Gasteiger partial charge in [-0.1, -0.05) is 36.8 Å². The second-order valence-corrected chi connectivity index (χ2v) is 4.57. The number of aryl methyl sites for hydroxylation is 1. The van der Waals surface area contributed by atoms with Crippen LogP contribution in [0.2, 0.25) is 0 Å². The summed E-state index contributed by atoms with van der Waals surface area (Å²) in [6.45, 7) is 11.1. The molecule has 0 amide bonds. The van der Waals surface area contributed by atoms with Crippen LogP contribution < -0.4 is 10.6 Å². The quantitative estimate of drug-likeness (QED) is 0.620. The Bertz CT molecular complexity index is 377. The Labute approximate surface area is 111 Å². The average Bonchev–Trinajstić information content (AvgIpc) is 2.36. The summed E-state index contributed by atoms with van der Waals surface area (Å²) in [6, 6.07) is 8.65. The van der Waals surface area contributed by atoms with Crippen LogP contribution in [0.1, 0.15) is 37.8 Å². The molecule has 3 heteroatoms. The van der Waals surface area contributed by atoms with Crippen molar-refractivity contribution in [3.63, 3.8) is 0 Å². The van der Waals surface area contributed by atoms with Crippen molar-refractivity contribution in [3.8, 4) is 0 Å². The topological polar surface area (TPSA) is 36.4 Å². The molecule has 0 bridgehead atoms. The second-order valence-electron chi connectivity index (χ2n) is 4.57. The van der Waals surface area contributed by atoms with Gasteiger partial charge in [-0.25, -0.2) is 0 Å². The van der Waals surface area contributed by atoms with Crippen molar-refractivity contribution < 1.29 is 0 Å². The molecule has 0 spiro atoms. The third kappa shape index (κ3) is 4.78. The molecule has 0 aliphatic rings. The fourth-order valence-corrected chi connectivity index (χ4v) is 1.82. The fourth-order valence-electron chi connectivity index (χ4n) is 1.82. The highest BCUT2D eigenvalue weighted by Gasteiger charge is 2.05. The van der Waals surface area contributed by atoms with Crippen molar-refractivity contribution in [2.45, 2.75) is 33.6 Å². The number of hydrogen-bond donors (Lipinski definition) is 2. The lowest BCUT2D eigenvalue weighted by Crippen LogP contribution is -2.37. The maximum atomic E-state index is 4.60. The van der Waals surface area contributed by atoms with Gasteiger partial charge >= 0.3 is 0 Å². The molecule has 0 aliphatic heterocycles. The number of aliphatic imine (C=N–C) groups is 1. The van der Waals surface area contributed by atoms with Gasteiger partial charge in [0.1, 0.15) is 0 Å². The Morgan fingerprint density at radius 3 is 2.44 bits per heavy atom. The van der Waals surface area contributed by atoms with Gasteiger partial charge in [0, 0.05) is 25.6 Å². The van der Waals surface area contributed by atoms with E-state index in [1.165, 1.54) is 11.1 Å². The minimum atomic E-state index is 0.442. The number of benzene rings is 1. The molecule has 1 aromatic rings. The van der Waals surface area contributed by atoms with Crippen molar-refractivity contribution in [1.29, 1.82) is 0 Å². The van der Waals surface area contributed by atoms with Gasteiger partial charge < -0.3 is 10.6 Å². The van der Waals surface area contributed by atoms with Gasteiger partial charge in [-0.2, -0.15) is 0 Å². The Morgan fingerprint density at radius 1 is 1.22 bits per heavy atom. The third-order valence-corrected chi connectivity index (χ3v) is 2.82. The molecule has 0 fully saturated rings. The number of guanidine groups is 1. The molecule has 0 aliphatic carbocycles. The van der Waals surface area contributed by atoms with E-state index in [-0.39, 0.29) is 0 Å². The van der Waals surface area contributed by atoms with E-state index < -0.39 is 0 Å². The second kappa shape index (κ2) is 7.75. The monoisotopic (exact) mass is 247 g/mol. The smallest absolute Gasteiger partial charge is 0.191 e. The van der Waals surface area contributed by atoms with Crippen LogP contribution in [0.4, 0.5) is 0 Å². The van der Waals surface area contributed by atoms with Gasteiger partial charge in [0.25, 0.3) is 0 Å². The maximum Gasteiger partial charge on any atom is 0.191 e. The highest BCUT2D eigenvalue weighted by atomic mass is 15.2. The first-order valence-corrected chi connectivity index (χ1v) is 6.76. The summed E-state index contributed by atoms with van der Waals surface area (Å²) in [6.07, 6.45) is 0.